The monoisotopic (exact) mass is 435 g/mol. The molecule has 9 heteroatoms. The zero-order chi connectivity index (χ0) is 21.6. The first kappa shape index (κ1) is 20.7. The molecule has 0 atom stereocenters. The van der Waals surface area contributed by atoms with Gasteiger partial charge in [-0.15, -0.1) is 0 Å². The quantitative estimate of drug-likeness (QED) is 0.354. The standard InChI is InChI=1S/C22H18FN5O2S/c23-16-8-4-5-9-17(16)26-18(29)14-31-22-27-20-19(24-11-12-25-20)21(30)28(22)13-10-15-6-2-1-3-7-15/h1-9,11-12H,10,13-14H2,(H,26,29). The van der Waals surface area contributed by atoms with Crippen LogP contribution in [0.25, 0.3) is 11.2 Å². The molecule has 0 aliphatic carbocycles. The van der Waals surface area contributed by atoms with Crippen LogP contribution in [-0.2, 0) is 17.8 Å². The van der Waals surface area contributed by atoms with E-state index in [2.05, 4.69) is 20.3 Å². The predicted octanol–water partition coefficient (Wildman–Crippen LogP) is 3.30. The van der Waals surface area contributed by atoms with Gasteiger partial charge in [-0.1, -0.05) is 54.2 Å². The minimum Gasteiger partial charge on any atom is -0.323 e. The van der Waals surface area contributed by atoms with Gasteiger partial charge in [0.2, 0.25) is 5.91 Å². The van der Waals surface area contributed by atoms with Crippen molar-refractivity contribution in [2.45, 2.75) is 18.1 Å². The predicted molar refractivity (Wildman–Crippen MR) is 117 cm³/mol. The summed E-state index contributed by atoms with van der Waals surface area (Å²) in [6.07, 6.45) is 3.52. The molecule has 0 saturated carbocycles. The van der Waals surface area contributed by atoms with Crippen LogP contribution in [0.2, 0.25) is 0 Å². The number of para-hydroxylation sites is 1. The Balaban J connectivity index is 1.57. The SMILES string of the molecule is O=C(CSc1nc2nccnc2c(=O)n1CCc1ccccc1)Nc1ccccc1F. The summed E-state index contributed by atoms with van der Waals surface area (Å²) in [4.78, 5) is 38.0. The molecule has 1 amide bonds. The molecule has 0 fully saturated rings. The number of nitrogens with one attached hydrogen (secondary N) is 1. The van der Waals surface area contributed by atoms with E-state index in [-0.39, 0.29) is 28.2 Å². The summed E-state index contributed by atoms with van der Waals surface area (Å²) in [7, 11) is 0. The van der Waals surface area contributed by atoms with Gasteiger partial charge in [-0.05, 0) is 24.1 Å². The number of hydrogen-bond acceptors (Lipinski definition) is 6. The number of benzene rings is 2. The van der Waals surface area contributed by atoms with Gasteiger partial charge < -0.3 is 5.32 Å². The minimum absolute atomic E-state index is 0.0438. The van der Waals surface area contributed by atoms with E-state index in [1.54, 1.807) is 12.1 Å². The molecule has 156 valence electrons. The number of nitrogens with zero attached hydrogens (tertiary/aromatic N) is 4. The summed E-state index contributed by atoms with van der Waals surface area (Å²) in [6, 6.07) is 15.7. The van der Waals surface area contributed by atoms with Crippen molar-refractivity contribution < 1.29 is 9.18 Å². The Kier molecular flexibility index (Phi) is 6.32. The van der Waals surface area contributed by atoms with Crippen molar-refractivity contribution in [1.29, 1.82) is 0 Å². The second kappa shape index (κ2) is 9.48. The number of amides is 1. The van der Waals surface area contributed by atoms with Gasteiger partial charge in [0.15, 0.2) is 16.3 Å². The Morgan fingerprint density at radius 3 is 2.58 bits per heavy atom. The molecule has 0 bridgehead atoms. The first-order valence-corrected chi connectivity index (χ1v) is 10.5. The maximum absolute atomic E-state index is 13.8. The van der Waals surface area contributed by atoms with Crippen molar-refractivity contribution in [2.75, 3.05) is 11.1 Å². The number of carbonyl (C=O) groups is 1. The van der Waals surface area contributed by atoms with Gasteiger partial charge >= 0.3 is 0 Å². The summed E-state index contributed by atoms with van der Waals surface area (Å²) >= 11 is 1.09. The lowest BCUT2D eigenvalue weighted by molar-refractivity contribution is -0.113. The highest BCUT2D eigenvalue weighted by Crippen LogP contribution is 2.18. The number of carbonyl (C=O) groups excluding carboxylic acids is 1. The highest BCUT2D eigenvalue weighted by Gasteiger charge is 2.15. The third kappa shape index (κ3) is 4.95. The fraction of sp³-hybridized carbons (Fsp3) is 0.136. The molecule has 0 radical (unpaired) electrons. The fourth-order valence-electron chi connectivity index (χ4n) is 3.00. The zero-order valence-electron chi connectivity index (χ0n) is 16.4. The summed E-state index contributed by atoms with van der Waals surface area (Å²) < 4.78 is 15.3. The number of anilines is 1. The number of halogens is 1. The Bertz CT molecular complexity index is 1280. The Morgan fingerprint density at radius 2 is 1.77 bits per heavy atom. The smallest absolute Gasteiger partial charge is 0.282 e. The largest absolute Gasteiger partial charge is 0.323 e. The zero-order valence-corrected chi connectivity index (χ0v) is 17.2. The van der Waals surface area contributed by atoms with Crippen LogP contribution in [0.4, 0.5) is 10.1 Å². The Morgan fingerprint density at radius 1 is 1.03 bits per heavy atom. The lowest BCUT2D eigenvalue weighted by Gasteiger charge is -2.12. The van der Waals surface area contributed by atoms with Crippen LogP contribution in [0.3, 0.4) is 0 Å². The van der Waals surface area contributed by atoms with Crippen LogP contribution in [0.5, 0.6) is 0 Å². The maximum atomic E-state index is 13.8. The first-order valence-electron chi connectivity index (χ1n) is 9.54. The molecule has 0 aliphatic rings. The van der Waals surface area contributed by atoms with Gasteiger partial charge in [0.25, 0.3) is 5.56 Å². The molecule has 0 aliphatic heterocycles. The summed E-state index contributed by atoms with van der Waals surface area (Å²) in [5.74, 6) is -0.962. The molecule has 4 rings (SSSR count). The average molecular weight is 435 g/mol. The molecule has 1 N–H and O–H groups in total. The molecule has 0 spiro atoms. The second-order valence-electron chi connectivity index (χ2n) is 6.63. The van der Waals surface area contributed by atoms with Gasteiger partial charge in [0, 0.05) is 18.9 Å². The number of aromatic nitrogens is 4. The molecule has 4 aromatic rings. The van der Waals surface area contributed by atoms with Gasteiger partial charge in [-0.25, -0.2) is 19.3 Å². The third-order valence-corrected chi connectivity index (χ3v) is 5.48. The molecule has 2 aromatic heterocycles. The van der Waals surface area contributed by atoms with Crippen molar-refractivity contribution in [3.8, 4) is 0 Å². The van der Waals surface area contributed by atoms with Crippen LogP contribution < -0.4 is 10.9 Å². The Labute approximate surface area is 181 Å². The van der Waals surface area contributed by atoms with Crippen molar-refractivity contribution in [2.24, 2.45) is 0 Å². The van der Waals surface area contributed by atoms with E-state index >= 15 is 0 Å². The van der Waals surface area contributed by atoms with E-state index in [4.69, 9.17) is 0 Å². The molecule has 0 unspecified atom stereocenters. The van der Waals surface area contributed by atoms with E-state index in [1.165, 1.54) is 29.1 Å². The number of fused-ring (bicyclic) bond motifs is 1. The molecular weight excluding hydrogens is 417 g/mol. The second-order valence-corrected chi connectivity index (χ2v) is 7.57. The minimum atomic E-state index is -0.514. The lowest BCUT2D eigenvalue weighted by atomic mass is 10.1. The van der Waals surface area contributed by atoms with Crippen LogP contribution in [-0.4, -0.2) is 31.2 Å². The van der Waals surface area contributed by atoms with Crippen molar-refractivity contribution in [1.82, 2.24) is 19.5 Å². The average Bonchev–Trinajstić information content (AvgIpc) is 2.79. The number of rotatable bonds is 7. The number of thioether (sulfide) groups is 1. The van der Waals surface area contributed by atoms with Gasteiger partial charge in [0.1, 0.15) is 5.82 Å². The maximum Gasteiger partial charge on any atom is 0.282 e. The van der Waals surface area contributed by atoms with E-state index < -0.39 is 11.7 Å². The summed E-state index contributed by atoms with van der Waals surface area (Å²) in [5, 5.41) is 2.89. The molecule has 7 nitrogen and oxygen atoms in total. The van der Waals surface area contributed by atoms with Crippen LogP contribution in [0, 0.1) is 5.82 Å². The fourth-order valence-corrected chi connectivity index (χ4v) is 3.81. The molecule has 2 heterocycles. The van der Waals surface area contributed by atoms with E-state index in [0.29, 0.717) is 18.1 Å². The highest BCUT2D eigenvalue weighted by molar-refractivity contribution is 7.99. The van der Waals surface area contributed by atoms with Crippen molar-refractivity contribution in [3.05, 3.63) is 88.7 Å². The van der Waals surface area contributed by atoms with Crippen LogP contribution in [0.1, 0.15) is 5.56 Å². The lowest BCUT2D eigenvalue weighted by Crippen LogP contribution is -2.26. The molecule has 31 heavy (non-hydrogen) atoms. The number of hydrogen-bond donors (Lipinski definition) is 1. The van der Waals surface area contributed by atoms with Crippen LogP contribution >= 0.6 is 11.8 Å². The summed E-state index contributed by atoms with van der Waals surface area (Å²) in [5.41, 5.74) is 1.26. The molecule has 2 aromatic carbocycles. The van der Waals surface area contributed by atoms with Gasteiger partial charge in [-0.2, -0.15) is 0 Å². The normalized spacial score (nSPS) is 10.9. The first-order chi connectivity index (χ1) is 15.1. The topological polar surface area (TPSA) is 89.8 Å². The summed E-state index contributed by atoms with van der Waals surface area (Å²) in [6.45, 7) is 0.375. The molecule has 0 saturated heterocycles. The van der Waals surface area contributed by atoms with Gasteiger partial charge in [0.05, 0.1) is 11.4 Å². The van der Waals surface area contributed by atoms with Crippen molar-refractivity contribution >= 4 is 34.5 Å². The van der Waals surface area contributed by atoms with E-state index in [0.717, 1.165) is 17.3 Å². The van der Waals surface area contributed by atoms with Gasteiger partial charge in [-0.3, -0.25) is 14.2 Å². The van der Waals surface area contributed by atoms with Crippen molar-refractivity contribution in [3.63, 3.8) is 0 Å². The third-order valence-electron chi connectivity index (χ3n) is 4.51. The van der Waals surface area contributed by atoms with E-state index in [1.807, 2.05) is 30.3 Å². The van der Waals surface area contributed by atoms with Crippen LogP contribution in [0.15, 0.2) is 76.9 Å². The van der Waals surface area contributed by atoms with E-state index in [9.17, 15) is 14.0 Å². The molecular formula is C22H18FN5O2S. The Hall–Kier alpha value is -3.59. The highest BCUT2D eigenvalue weighted by atomic mass is 32.2. The number of aryl methyl sites for hydroxylation is 1.